The van der Waals surface area contributed by atoms with Gasteiger partial charge in [-0.2, -0.15) is 0 Å². The highest BCUT2D eigenvalue weighted by Crippen LogP contribution is 2.33. The third-order valence-corrected chi connectivity index (χ3v) is 7.37. The molecule has 0 bridgehead atoms. The summed E-state index contributed by atoms with van der Waals surface area (Å²) >= 11 is 6.81. The van der Waals surface area contributed by atoms with Crippen LogP contribution in [0.15, 0.2) is 51.8 Å². The molecule has 1 saturated heterocycles. The van der Waals surface area contributed by atoms with Gasteiger partial charge in [0.2, 0.25) is 0 Å². The number of halogens is 2. The van der Waals surface area contributed by atoms with Gasteiger partial charge in [0.05, 0.1) is 29.0 Å². The van der Waals surface area contributed by atoms with Crippen LogP contribution >= 0.6 is 51.4 Å². The molecule has 2 aromatic carbocycles. The molecule has 1 fully saturated rings. The van der Waals surface area contributed by atoms with Gasteiger partial charge in [0.1, 0.15) is 0 Å². The molecule has 0 radical (unpaired) electrons. The van der Waals surface area contributed by atoms with Gasteiger partial charge in [0, 0.05) is 35.5 Å². The molecule has 4 rings (SSSR count). The first kappa shape index (κ1) is 23.5. The Morgan fingerprint density at radius 1 is 1.27 bits per heavy atom. The normalized spacial score (nSPS) is 14.5. The van der Waals surface area contributed by atoms with Crippen LogP contribution in [0.2, 0.25) is 0 Å². The molecular weight excluding hydrogens is 506 g/mol. The molecule has 9 heteroatoms. The number of morpholine rings is 1. The first-order valence-corrected chi connectivity index (χ1v) is 12.3. The van der Waals surface area contributed by atoms with Crippen molar-refractivity contribution < 1.29 is 9.53 Å². The van der Waals surface area contributed by atoms with Crippen molar-refractivity contribution in [3.63, 3.8) is 0 Å². The number of hydrogen-bond acceptors (Lipinski definition) is 6. The molecule has 30 heavy (non-hydrogen) atoms. The summed E-state index contributed by atoms with van der Waals surface area (Å²) in [4.78, 5) is 23.6. The lowest BCUT2D eigenvalue weighted by molar-refractivity contribution is 0.0391. The minimum absolute atomic E-state index is 0. The highest BCUT2D eigenvalue weighted by atomic mass is 79.9. The lowest BCUT2D eigenvalue weighted by Crippen LogP contribution is -2.43. The third kappa shape index (κ3) is 5.36. The fraction of sp³-hybridized carbons (Fsp3) is 0.333. The molecule has 0 atom stereocenters. The van der Waals surface area contributed by atoms with Crippen molar-refractivity contribution in [2.45, 2.75) is 4.90 Å². The van der Waals surface area contributed by atoms with E-state index in [9.17, 15) is 4.79 Å². The fourth-order valence-electron chi connectivity index (χ4n) is 3.27. The molecular formula is C21H23BrClN3O2S2. The molecule has 1 aromatic heterocycles. The average molecular weight is 529 g/mol. The van der Waals surface area contributed by atoms with Crippen molar-refractivity contribution in [1.82, 2.24) is 9.88 Å². The van der Waals surface area contributed by atoms with Crippen molar-refractivity contribution in [2.75, 3.05) is 50.5 Å². The van der Waals surface area contributed by atoms with Crippen LogP contribution in [-0.4, -0.2) is 61.4 Å². The number of carbonyl (C=O) groups is 1. The quantitative estimate of drug-likeness (QED) is 0.413. The van der Waals surface area contributed by atoms with Crippen molar-refractivity contribution in [2.24, 2.45) is 0 Å². The highest BCUT2D eigenvalue weighted by Gasteiger charge is 2.24. The van der Waals surface area contributed by atoms with E-state index in [1.54, 1.807) is 23.1 Å². The number of nitrogens with zero attached hydrogens (tertiary/aromatic N) is 3. The molecule has 3 aromatic rings. The summed E-state index contributed by atoms with van der Waals surface area (Å²) in [5.41, 5.74) is 1.58. The molecule has 0 spiro atoms. The van der Waals surface area contributed by atoms with E-state index in [1.807, 2.05) is 35.2 Å². The van der Waals surface area contributed by atoms with Crippen LogP contribution in [0.25, 0.3) is 10.2 Å². The monoisotopic (exact) mass is 527 g/mol. The van der Waals surface area contributed by atoms with Gasteiger partial charge in [-0.3, -0.25) is 14.6 Å². The van der Waals surface area contributed by atoms with Crippen LogP contribution in [0.4, 0.5) is 5.13 Å². The van der Waals surface area contributed by atoms with E-state index < -0.39 is 0 Å². The summed E-state index contributed by atoms with van der Waals surface area (Å²) in [5.74, 6) is -0.0325. The Labute approximate surface area is 199 Å². The SMILES string of the molecule is CSc1ccc2nc(N(CCN3CCOCC3)C(=O)c3ccccc3Br)sc2c1.Cl. The Kier molecular flexibility index (Phi) is 8.56. The minimum atomic E-state index is -0.0325. The number of rotatable bonds is 6. The lowest BCUT2D eigenvalue weighted by Gasteiger charge is -2.29. The summed E-state index contributed by atoms with van der Waals surface area (Å²) < 4.78 is 7.34. The van der Waals surface area contributed by atoms with E-state index >= 15 is 0 Å². The first-order valence-electron chi connectivity index (χ1n) is 9.47. The number of hydrogen-bond donors (Lipinski definition) is 0. The molecule has 2 heterocycles. The van der Waals surface area contributed by atoms with Crippen LogP contribution < -0.4 is 4.90 Å². The van der Waals surface area contributed by atoms with Gasteiger partial charge >= 0.3 is 0 Å². The predicted octanol–water partition coefficient (Wildman–Crippen LogP) is 5.18. The van der Waals surface area contributed by atoms with E-state index in [2.05, 4.69) is 39.2 Å². The van der Waals surface area contributed by atoms with Crippen LogP contribution in [0.3, 0.4) is 0 Å². The summed E-state index contributed by atoms with van der Waals surface area (Å²) in [6.45, 7) is 4.68. The van der Waals surface area contributed by atoms with Gasteiger partial charge in [-0.25, -0.2) is 4.98 Å². The van der Waals surface area contributed by atoms with Crippen LogP contribution in [-0.2, 0) is 4.74 Å². The van der Waals surface area contributed by atoms with Crippen molar-refractivity contribution in [3.8, 4) is 0 Å². The number of aromatic nitrogens is 1. The number of ether oxygens (including phenoxy) is 1. The number of benzene rings is 2. The number of anilines is 1. The van der Waals surface area contributed by atoms with Gasteiger partial charge in [-0.15, -0.1) is 24.2 Å². The minimum Gasteiger partial charge on any atom is -0.379 e. The molecule has 0 N–H and O–H groups in total. The predicted molar refractivity (Wildman–Crippen MR) is 132 cm³/mol. The average Bonchev–Trinajstić information content (AvgIpc) is 3.17. The van der Waals surface area contributed by atoms with E-state index in [1.165, 1.54) is 4.90 Å². The molecule has 1 aliphatic heterocycles. The molecule has 5 nitrogen and oxygen atoms in total. The first-order chi connectivity index (χ1) is 14.2. The maximum absolute atomic E-state index is 13.5. The van der Waals surface area contributed by atoms with E-state index in [0.29, 0.717) is 12.1 Å². The molecule has 160 valence electrons. The topological polar surface area (TPSA) is 45.7 Å². The van der Waals surface area contributed by atoms with Gasteiger partial charge in [0.15, 0.2) is 5.13 Å². The number of thiazole rings is 1. The molecule has 1 aliphatic rings. The third-order valence-electron chi connectivity index (χ3n) is 4.91. The Morgan fingerprint density at radius 2 is 2.03 bits per heavy atom. The number of fused-ring (bicyclic) bond motifs is 1. The second kappa shape index (κ2) is 10.9. The van der Waals surface area contributed by atoms with E-state index in [4.69, 9.17) is 9.72 Å². The molecule has 0 unspecified atom stereocenters. The van der Waals surface area contributed by atoms with E-state index in [0.717, 1.165) is 52.7 Å². The van der Waals surface area contributed by atoms with Gasteiger partial charge < -0.3 is 4.74 Å². The zero-order valence-corrected chi connectivity index (χ0v) is 20.6. The van der Waals surface area contributed by atoms with Gasteiger partial charge in [-0.05, 0) is 52.5 Å². The zero-order chi connectivity index (χ0) is 20.2. The molecule has 0 aliphatic carbocycles. The second-order valence-corrected chi connectivity index (χ2v) is 9.46. The standard InChI is InChI=1S/C21H22BrN3O2S2.ClH/c1-28-15-6-7-18-19(14-15)29-21(23-18)25(9-8-24-10-12-27-13-11-24)20(26)16-4-2-3-5-17(16)22;/h2-7,14H,8-13H2,1H3;1H. The Balaban J connectivity index is 0.00000256. The maximum Gasteiger partial charge on any atom is 0.261 e. The fourth-order valence-corrected chi connectivity index (χ4v) is 5.26. The summed E-state index contributed by atoms with van der Waals surface area (Å²) in [5, 5.41) is 0.743. The second-order valence-electron chi connectivity index (χ2n) is 6.72. The maximum atomic E-state index is 13.5. The van der Waals surface area contributed by atoms with Crippen molar-refractivity contribution >= 4 is 72.7 Å². The smallest absolute Gasteiger partial charge is 0.261 e. The number of thioether (sulfide) groups is 1. The molecule has 1 amide bonds. The van der Waals surface area contributed by atoms with Crippen LogP contribution in [0, 0.1) is 0 Å². The summed E-state index contributed by atoms with van der Waals surface area (Å²) in [6, 6.07) is 13.8. The Morgan fingerprint density at radius 3 is 2.77 bits per heavy atom. The Bertz CT molecular complexity index is 1010. The number of carbonyl (C=O) groups excluding carboxylic acids is 1. The summed E-state index contributed by atoms with van der Waals surface area (Å²) in [6.07, 6.45) is 2.06. The van der Waals surface area contributed by atoms with Crippen LogP contribution in [0.1, 0.15) is 10.4 Å². The van der Waals surface area contributed by atoms with Crippen molar-refractivity contribution in [1.29, 1.82) is 0 Å². The van der Waals surface area contributed by atoms with Gasteiger partial charge in [-0.1, -0.05) is 23.5 Å². The zero-order valence-electron chi connectivity index (χ0n) is 16.5. The Hall–Kier alpha value is -1.16. The molecule has 0 saturated carbocycles. The van der Waals surface area contributed by atoms with Crippen LogP contribution in [0.5, 0.6) is 0 Å². The number of amides is 1. The van der Waals surface area contributed by atoms with Gasteiger partial charge in [0.25, 0.3) is 5.91 Å². The highest BCUT2D eigenvalue weighted by molar-refractivity contribution is 9.10. The lowest BCUT2D eigenvalue weighted by atomic mass is 10.2. The largest absolute Gasteiger partial charge is 0.379 e. The summed E-state index contributed by atoms with van der Waals surface area (Å²) in [7, 11) is 0. The van der Waals surface area contributed by atoms with Crippen molar-refractivity contribution in [3.05, 3.63) is 52.5 Å². The van der Waals surface area contributed by atoms with E-state index in [-0.39, 0.29) is 18.3 Å².